The van der Waals surface area contributed by atoms with E-state index in [0.29, 0.717) is 5.69 Å². The fourth-order valence-electron chi connectivity index (χ4n) is 1.87. The highest BCUT2D eigenvalue weighted by Crippen LogP contribution is 2.25. The summed E-state index contributed by atoms with van der Waals surface area (Å²) in [5, 5.41) is 21.0. The normalized spacial score (nSPS) is 10.9. The van der Waals surface area contributed by atoms with Gasteiger partial charge >= 0.3 is 5.97 Å². The van der Waals surface area contributed by atoms with Gasteiger partial charge in [0.25, 0.3) is 5.91 Å². The molecule has 0 heterocycles. The van der Waals surface area contributed by atoms with Crippen molar-refractivity contribution in [3.05, 3.63) is 53.6 Å². The molecule has 1 amide bonds. The Labute approximate surface area is 137 Å². The maximum Gasteiger partial charge on any atom is 0.335 e. The summed E-state index contributed by atoms with van der Waals surface area (Å²) in [5.41, 5.74) is 0.369. The smallest absolute Gasteiger partial charge is 0.335 e. The zero-order chi connectivity index (χ0) is 17.9. The first-order valence-corrected chi connectivity index (χ1v) is 8.50. The van der Waals surface area contributed by atoms with Gasteiger partial charge in [-0.05, 0) is 42.5 Å². The number of amides is 1. The fraction of sp³-hybridized carbons (Fsp3) is 0.0667. The van der Waals surface area contributed by atoms with Crippen LogP contribution >= 0.6 is 0 Å². The molecule has 0 atom stereocenters. The Morgan fingerprint density at radius 1 is 1.00 bits per heavy atom. The van der Waals surface area contributed by atoms with E-state index in [4.69, 9.17) is 5.11 Å². The number of carbonyl (C=O) groups is 2. The lowest BCUT2D eigenvalue weighted by Gasteiger charge is -2.09. The standard InChI is InChI=1S/C15H14N2O6S/c1-24(22,23)17-11-5-2-9(3-6-11)14(19)16-12-8-10(15(20)21)4-7-13(12)18/h2-8,17-18H,1H3,(H,16,19)(H,20,21). The molecule has 0 aromatic heterocycles. The molecule has 2 rings (SSSR count). The fourth-order valence-corrected chi connectivity index (χ4v) is 2.43. The zero-order valence-corrected chi connectivity index (χ0v) is 13.3. The van der Waals surface area contributed by atoms with Crippen LogP contribution in [0.25, 0.3) is 0 Å². The number of rotatable bonds is 5. The second-order valence-corrected chi connectivity index (χ2v) is 6.69. The first-order chi connectivity index (χ1) is 11.2. The van der Waals surface area contributed by atoms with Gasteiger partial charge < -0.3 is 15.5 Å². The van der Waals surface area contributed by atoms with E-state index < -0.39 is 21.9 Å². The highest BCUT2D eigenvalue weighted by atomic mass is 32.2. The molecule has 0 saturated heterocycles. The summed E-state index contributed by atoms with van der Waals surface area (Å²) in [6, 6.07) is 9.10. The van der Waals surface area contributed by atoms with E-state index in [2.05, 4.69) is 10.0 Å². The summed E-state index contributed by atoms with van der Waals surface area (Å²) in [6.07, 6.45) is 1.01. The Kier molecular flexibility index (Phi) is 4.74. The Morgan fingerprint density at radius 2 is 1.58 bits per heavy atom. The minimum Gasteiger partial charge on any atom is -0.506 e. The summed E-state index contributed by atoms with van der Waals surface area (Å²) in [7, 11) is -3.42. The average Bonchev–Trinajstić information content (AvgIpc) is 2.48. The molecule has 0 unspecified atom stereocenters. The minimum absolute atomic E-state index is 0.0433. The van der Waals surface area contributed by atoms with E-state index in [1.54, 1.807) is 0 Å². The number of phenolic OH excluding ortho intramolecular Hbond substituents is 1. The molecule has 0 radical (unpaired) electrons. The summed E-state index contributed by atoms with van der Waals surface area (Å²) >= 11 is 0. The van der Waals surface area contributed by atoms with Crippen molar-refractivity contribution in [2.75, 3.05) is 16.3 Å². The third kappa shape index (κ3) is 4.46. The van der Waals surface area contributed by atoms with Crippen molar-refractivity contribution in [1.82, 2.24) is 0 Å². The van der Waals surface area contributed by atoms with Gasteiger partial charge in [-0.1, -0.05) is 0 Å². The van der Waals surface area contributed by atoms with Gasteiger partial charge in [0.15, 0.2) is 0 Å². The second kappa shape index (κ2) is 6.59. The van der Waals surface area contributed by atoms with Gasteiger partial charge in [0.2, 0.25) is 10.0 Å². The number of aromatic carboxylic acids is 1. The number of sulfonamides is 1. The predicted molar refractivity (Wildman–Crippen MR) is 87.9 cm³/mol. The molecule has 126 valence electrons. The van der Waals surface area contributed by atoms with Gasteiger partial charge in [0.05, 0.1) is 17.5 Å². The maximum atomic E-state index is 12.1. The summed E-state index contributed by atoms with van der Waals surface area (Å²) in [5.74, 6) is -2.05. The van der Waals surface area contributed by atoms with E-state index in [0.717, 1.165) is 18.4 Å². The molecule has 0 spiro atoms. The quantitative estimate of drug-likeness (QED) is 0.607. The van der Waals surface area contributed by atoms with Crippen LogP contribution in [-0.2, 0) is 10.0 Å². The van der Waals surface area contributed by atoms with E-state index in [1.165, 1.54) is 30.3 Å². The van der Waals surface area contributed by atoms with Crippen LogP contribution in [0.1, 0.15) is 20.7 Å². The molecule has 8 nitrogen and oxygen atoms in total. The van der Waals surface area contributed by atoms with Gasteiger partial charge in [0, 0.05) is 11.3 Å². The molecular formula is C15H14N2O6S. The average molecular weight is 350 g/mol. The lowest BCUT2D eigenvalue weighted by molar-refractivity contribution is 0.0696. The highest BCUT2D eigenvalue weighted by molar-refractivity contribution is 7.92. The number of aromatic hydroxyl groups is 1. The summed E-state index contributed by atoms with van der Waals surface area (Å²) < 4.78 is 24.5. The number of nitrogens with one attached hydrogen (secondary N) is 2. The van der Waals surface area contributed by atoms with E-state index in [-0.39, 0.29) is 22.6 Å². The van der Waals surface area contributed by atoms with Crippen molar-refractivity contribution < 1.29 is 28.2 Å². The van der Waals surface area contributed by atoms with Crippen LogP contribution in [0.3, 0.4) is 0 Å². The predicted octanol–water partition coefficient (Wildman–Crippen LogP) is 1.71. The number of carbonyl (C=O) groups excluding carboxylic acids is 1. The lowest BCUT2D eigenvalue weighted by Crippen LogP contribution is -2.13. The molecule has 0 aliphatic rings. The molecule has 0 bridgehead atoms. The van der Waals surface area contributed by atoms with Gasteiger partial charge in [0.1, 0.15) is 5.75 Å². The number of carboxylic acids is 1. The lowest BCUT2D eigenvalue weighted by atomic mass is 10.1. The molecule has 0 aliphatic carbocycles. The number of hydrogen-bond donors (Lipinski definition) is 4. The number of phenols is 1. The SMILES string of the molecule is CS(=O)(=O)Nc1ccc(C(=O)Nc2cc(C(=O)O)ccc2O)cc1. The monoisotopic (exact) mass is 350 g/mol. The number of carboxylic acid groups (broad SMARTS) is 1. The molecule has 2 aromatic carbocycles. The van der Waals surface area contributed by atoms with E-state index in [1.807, 2.05) is 0 Å². The Hall–Kier alpha value is -3.07. The van der Waals surface area contributed by atoms with Crippen molar-refractivity contribution in [2.45, 2.75) is 0 Å². The first kappa shape index (κ1) is 17.3. The van der Waals surface area contributed by atoms with Crippen LogP contribution in [0.15, 0.2) is 42.5 Å². The van der Waals surface area contributed by atoms with E-state index >= 15 is 0 Å². The van der Waals surface area contributed by atoms with Gasteiger partial charge in [-0.3, -0.25) is 9.52 Å². The van der Waals surface area contributed by atoms with Crippen molar-refractivity contribution in [2.24, 2.45) is 0 Å². The largest absolute Gasteiger partial charge is 0.506 e. The highest BCUT2D eigenvalue weighted by Gasteiger charge is 2.12. The van der Waals surface area contributed by atoms with Crippen LogP contribution in [0.2, 0.25) is 0 Å². The van der Waals surface area contributed by atoms with Gasteiger partial charge in [-0.25, -0.2) is 13.2 Å². The molecule has 4 N–H and O–H groups in total. The molecule has 0 fully saturated rings. The van der Waals surface area contributed by atoms with Crippen molar-refractivity contribution in [3.8, 4) is 5.75 Å². The molecular weight excluding hydrogens is 336 g/mol. The topological polar surface area (TPSA) is 133 Å². The van der Waals surface area contributed by atoms with Crippen LogP contribution in [0.4, 0.5) is 11.4 Å². The summed E-state index contributed by atoms with van der Waals surface area (Å²) in [6.45, 7) is 0. The second-order valence-electron chi connectivity index (χ2n) is 4.94. The van der Waals surface area contributed by atoms with Crippen LogP contribution in [0.5, 0.6) is 5.75 Å². The first-order valence-electron chi connectivity index (χ1n) is 6.61. The third-order valence-electron chi connectivity index (χ3n) is 2.94. The zero-order valence-electron chi connectivity index (χ0n) is 12.5. The Bertz CT molecular complexity index is 891. The van der Waals surface area contributed by atoms with Crippen LogP contribution in [-0.4, -0.2) is 36.8 Å². The van der Waals surface area contributed by atoms with E-state index in [9.17, 15) is 23.1 Å². The minimum atomic E-state index is -3.42. The van der Waals surface area contributed by atoms with Crippen LogP contribution < -0.4 is 10.0 Å². The van der Waals surface area contributed by atoms with Gasteiger partial charge in [-0.2, -0.15) is 0 Å². The summed E-state index contributed by atoms with van der Waals surface area (Å²) in [4.78, 5) is 23.1. The van der Waals surface area contributed by atoms with Crippen LogP contribution in [0, 0.1) is 0 Å². The van der Waals surface area contributed by atoms with Crippen molar-refractivity contribution >= 4 is 33.3 Å². The molecule has 24 heavy (non-hydrogen) atoms. The number of anilines is 2. The molecule has 2 aromatic rings. The van der Waals surface area contributed by atoms with Crippen molar-refractivity contribution in [1.29, 1.82) is 0 Å². The number of benzene rings is 2. The third-order valence-corrected chi connectivity index (χ3v) is 3.55. The Morgan fingerprint density at radius 3 is 2.12 bits per heavy atom. The van der Waals surface area contributed by atoms with Gasteiger partial charge in [-0.15, -0.1) is 0 Å². The molecule has 0 saturated carbocycles. The van der Waals surface area contributed by atoms with Crippen molar-refractivity contribution in [3.63, 3.8) is 0 Å². The molecule has 0 aliphatic heterocycles. The maximum absolute atomic E-state index is 12.1. The number of hydrogen-bond acceptors (Lipinski definition) is 5. The Balaban J connectivity index is 2.18. The molecule has 9 heteroatoms.